The van der Waals surface area contributed by atoms with Gasteiger partial charge in [-0.25, -0.2) is 0 Å². The molecular formula is C43H46N2O6. The van der Waals surface area contributed by atoms with Gasteiger partial charge in [0, 0.05) is 44.0 Å². The number of fused-ring (bicyclic) bond motifs is 1. The van der Waals surface area contributed by atoms with Crippen LogP contribution in [0.2, 0.25) is 0 Å². The van der Waals surface area contributed by atoms with Crippen LogP contribution < -0.4 is 5.32 Å². The molecule has 1 amide bonds. The van der Waals surface area contributed by atoms with Gasteiger partial charge < -0.3 is 25.0 Å². The van der Waals surface area contributed by atoms with E-state index in [1.807, 2.05) is 54.6 Å². The fraction of sp³-hybridized carbons (Fsp3) is 0.302. The number of carbonyl (C=O) groups excluding carboxylic acids is 1. The Bertz CT molecular complexity index is 1930. The molecule has 6 rings (SSSR count). The molecule has 4 atom stereocenters. The van der Waals surface area contributed by atoms with Crippen LogP contribution in [0.5, 0.6) is 0 Å². The lowest BCUT2D eigenvalue weighted by molar-refractivity contribution is -0.253. The van der Waals surface area contributed by atoms with Crippen LogP contribution in [0.15, 0.2) is 115 Å². The van der Waals surface area contributed by atoms with Crippen molar-refractivity contribution in [3.8, 4) is 11.1 Å². The Morgan fingerprint density at radius 2 is 1.55 bits per heavy atom. The molecule has 0 aromatic heterocycles. The summed E-state index contributed by atoms with van der Waals surface area (Å²) in [5.74, 6) is -1.06. The second-order valence-corrected chi connectivity index (χ2v) is 13.4. The van der Waals surface area contributed by atoms with Gasteiger partial charge in [0.2, 0.25) is 5.91 Å². The van der Waals surface area contributed by atoms with Crippen molar-refractivity contribution in [2.75, 3.05) is 13.6 Å². The smallest absolute Gasteiger partial charge is 0.303 e. The second-order valence-electron chi connectivity index (χ2n) is 13.4. The summed E-state index contributed by atoms with van der Waals surface area (Å²) in [7, 11) is 2.15. The van der Waals surface area contributed by atoms with Crippen LogP contribution in [0.4, 0.5) is 0 Å². The maximum absolute atomic E-state index is 12.2. The number of carboxylic acids is 1. The number of likely N-dealkylation sites (N-methyl/N-ethyl adjacent to an activating group) is 1. The highest BCUT2D eigenvalue weighted by atomic mass is 16.7. The van der Waals surface area contributed by atoms with Gasteiger partial charge in [0.25, 0.3) is 0 Å². The van der Waals surface area contributed by atoms with E-state index in [0.29, 0.717) is 19.4 Å². The normalized spacial score (nSPS) is 18.1. The van der Waals surface area contributed by atoms with Crippen LogP contribution in [0, 0.1) is 0 Å². The fourth-order valence-electron chi connectivity index (χ4n) is 6.62. The van der Waals surface area contributed by atoms with Crippen LogP contribution in [0.25, 0.3) is 21.9 Å². The van der Waals surface area contributed by atoms with Gasteiger partial charge in [0.05, 0.1) is 18.8 Å². The Hall–Kier alpha value is -4.86. The number of benzene rings is 5. The molecule has 5 aromatic carbocycles. The molecule has 0 radical (unpaired) electrons. The number of aliphatic carboxylic acids is 1. The Balaban J connectivity index is 1.15. The van der Waals surface area contributed by atoms with Gasteiger partial charge in [-0.2, -0.15) is 0 Å². The first-order valence-electron chi connectivity index (χ1n) is 17.6. The number of ether oxygens (including phenoxy) is 2. The summed E-state index contributed by atoms with van der Waals surface area (Å²) in [4.78, 5) is 25.2. The van der Waals surface area contributed by atoms with E-state index in [2.05, 4.69) is 84.9 Å². The predicted molar refractivity (Wildman–Crippen MR) is 199 cm³/mol. The topological polar surface area (TPSA) is 108 Å². The standard InChI is InChI=1S/C43H46N2O6/c1-29(36-22-19-32-8-3-4-9-38(32)24-36)45(2)27-39-25-40(34-15-13-30(28-46)14-16-34)51-43(50-39)35-20-17-33(18-21-35)37-10-5-7-31(23-37)26-44-41(47)11-6-12-42(48)49/h3-5,7-10,13-24,29,39-40,43,46H,6,11-12,25-28H2,1-2H3,(H,44,47)(H,48,49)/t29-,39+,40-,43-/m1/s1. The molecule has 8 nitrogen and oxygen atoms in total. The van der Waals surface area contributed by atoms with Crippen LogP contribution in [0.1, 0.15) is 78.9 Å². The third kappa shape index (κ3) is 9.48. The van der Waals surface area contributed by atoms with Gasteiger partial charge in [-0.15, -0.1) is 0 Å². The summed E-state index contributed by atoms with van der Waals surface area (Å²) in [6.45, 7) is 3.32. The van der Waals surface area contributed by atoms with Crippen molar-refractivity contribution in [3.63, 3.8) is 0 Å². The lowest BCUT2D eigenvalue weighted by atomic mass is 9.98. The van der Waals surface area contributed by atoms with E-state index >= 15 is 0 Å². The summed E-state index contributed by atoms with van der Waals surface area (Å²) in [6, 6.07) is 39.5. The zero-order valence-corrected chi connectivity index (χ0v) is 29.2. The summed E-state index contributed by atoms with van der Waals surface area (Å²) in [6.07, 6.45) is 0.361. The van der Waals surface area contributed by atoms with E-state index in [9.17, 15) is 14.7 Å². The number of nitrogens with one attached hydrogen (secondary N) is 1. The fourth-order valence-corrected chi connectivity index (χ4v) is 6.62. The van der Waals surface area contributed by atoms with E-state index in [1.165, 1.54) is 16.3 Å². The SMILES string of the molecule is C[C@H](c1ccc2ccccc2c1)N(C)C[C@@H]1C[C@H](c2ccc(CO)cc2)O[C@H](c2ccc(-c3cccc(CNC(=O)CCCC(=O)O)c3)cc2)O1. The number of aliphatic hydroxyl groups excluding tert-OH is 1. The lowest BCUT2D eigenvalue weighted by Crippen LogP contribution is -2.38. The average molecular weight is 687 g/mol. The van der Waals surface area contributed by atoms with Crippen molar-refractivity contribution in [2.45, 2.75) is 70.3 Å². The van der Waals surface area contributed by atoms with Gasteiger partial charge in [-0.3, -0.25) is 14.5 Å². The number of nitrogens with zero attached hydrogens (tertiary/aromatic N) is 1. The molecule has 0 bridgehead atoms. The highest BCUT2D eigenvalue weighted by Crippen LogP contribution is 2.39. The quantitative estimate of drug-likeness (QED) is 0.108. The minimum Gasteiger partial charge on any atom is -0.481 e. The Morgan fingerprint density at radius 1 is 0.804 bits per heavy atom. The lowest BCUT2D eigenvalue weighted by Gasteiger charge is -2.39. The Labute approximate surface area is 299 Å². The minimum atomic E-state index is -0.897. The highest BCUT2D eigenvalue weighted by Gasteiger charge is 2.33. The first-order chi connectivity index (χ1) is 24.7. The van der Waals surface area contributed by atoms with Crippen molar-refractivity contribution in [1.82, 2.24) is 10.2 Å². The molecule has 0 spiro atoms. The zero-order chi connectivity index (χ0) is 35.7. The van der Waals surface area contributed by atoms with Gasteiger partial charge in [0.15, 0.2) is 6.29 Å². The molecule has 1 saturated heterocycles. The van der Waals surface area contributed by atoms with Crippen molar-refractivity contribution >= 4 is 22.6 Å². The van der Waals surface area contributed by atoms with Crippen molar-refractivity contribution < 1.29 is 29.3 Å². The van der Waals surface area contributed by atoms with Gasteiger partial charge in [-0.1, -0.05) is 103 Å². The van der Waals surface area contributed by atoms with E-state index in [0.717, 1.165) is 39.9 Å². The van der Waals surface area contributed by atoms with E-state index in [-0.39, 0.29) is 43.6 Å². The summed E-state index contributed by atoms with van der Waals surface area (Å²) < 4.78 is 13.3. The first kappa shape index (κ1) is 35.9. The first-order valence-corrected chi connectivity index (χ1v) is 17.6. The Morgan fingerprint density at radius 3 is 2.29 bits per heavy atom. The van der Waals surface area contributed by atoms with Gasteiger partial charge >= 0.3 is 5.97 Å². The molecule has 0 aliphatic carbocycles. The number of amides is 1. The van der Waals surface area contributed by atoms with Gasteiger partial charge in [0.1, 0.15) is 0 Å². The van der Waals surface area contributed by atoms with Crippen LogP contribution in [-0.2, 0) is 32.2 Å². The molecule has 1 heterocycles. The molecule has 1 fully saturated rings. The molecule has 1 aliphatic heterocycles. The number of carbonyl (C=O) groups is 2. The summed E-state index contributed by atoms with van der Waals surface area (Å²) in [5.41, 5.74) is 7.11. The van der Waals surface area contributed by atoms with Crippen LogP contribution in [-0.4, -0.2) is 46.7 Å². The molecule has 3 N–H and O–H groups in total. The van der Waals surface area contributed by atoms with E-state index < -0.39 is 12.3 Å². The van der Waals surface area contributed by atoms with Crippen LogP contribution >= 0.6 is 0 Å². The largest absolute Gasteiger partial charge is 0.481 e. The maximum Gasteiger partial charge on any atom is 0.303 e. The van der Waals surface area contributed by atoms with E-state index in [4.69, 9.17) is 14.6 Å². The average Bonchev–Trinajstić information content (AvgIpc) is 3.16. The monoisotopic (exact) mass is 686 g/mol. The number of carboxylic acid groups (broad SMARTS) is 1. The third-order valence-corrected chi connectivity index (χ3v) is 9.75. The summed E-state index contributed by atoms with van der Waals surface area (Å²) in [5, 5.41) is 23.8. The van der Waals surface area contributed by atoms with E-state index in [1.54, 1.807) is 0 Å². The zero-order valence-electron chi connectivity index (χ0n) is 29.2. The molecule has 51 heavy (non-hydrogen) atoms. The third-order valence-electron chi connectivity index (χ3n) is 9.75. The highest BCUT2D eigenvalue weighted by molar-refractivity contribution is 5.83. The second kappa shape index (κ2) is 16.9. The van der Waals surface area contributed by atoms with Crippen LogP contribution in [0.3, 0.4) is 0 Å². The number of rotatable bonds is 14. The Kier molecular flexibility index (Phi) is 11.9. The molecule has 5 aromatic rings. The van der Waals surface area contributed by atoms with Crippen molar-refractivity contribution in [2.24, 2.45) is 0 Å². The molecule has 0 saturated carbocycles. The molecule has 264 valence electrons. The molecule has 8 heteroatoms. The van der Waals surface area contributed by atoms with Crippen molar-refractivity contribution in [1.29, 1.82) is 0 Å². The van der Waals surface area contributed by atoms with Gasteiger partial charge in [-0.05, 0) is 76.7 Å². The predicted octanol–water partition coefficient (Wildman–Crippen LogP) is 8.11. The molecule has 1 aliphatic rings. The maximum atomic E-state index is 12.2. The summed E-state index contributed by atoms with van der Waals surface area (Å²) >= 11 is 0. The minimum absolute atomic E-state index is 0.00386. The number of aliphatic hydroxyl groups is 1. The molecule has 0 unspecified atom stereocenters. The number of hydrogen-bond donors (Lipinski definition) is 3. The molecular weight excluding hydrogens is 640 g/mol. The number of hydrogen-bond acceptors (Lipinski definition) is 6. The van der Waals surface area contributed by atoms with Crippen molar-refractivity contribution in [3.05, 3.63) is 143 Å².